The van der Waals surface area contributed by atoms with Crippen LogP contribution in [0, 0.1) is 34.5 Å². The second-order valence-electron chi connectivity index (χ2n) is 10.2. The molecule has 3 N–H and O–H groups in total. The molecule has 10 atom stereocenters. The van der Waals surface area contributed by atoms with Crippen LogP contribution in [0.15, 0.2) is 23.8 Å². The van der Waals surface area contributed by atoms with E-state index in [9.17, 15) is 20.1 Å². The Morgan fingerprint density at radius 3 is 2.67 bits per heavy atom. The fraction of sp³-hybridized carbons (Fsp3) is 0.792. The van der Waals surface area contributed by atoms with E-state index in [4.69, 9.17) is 9.47 Å². The summed E-state index contributed by atoms with van der Waals surface area (Å²) in [4.78, 5) is 11.3. The van der Waals surface area contributed by atoms with E-state index in [0.717, 1.165) is 18.4 Å². The number of aliphatic hydroxyl groups excluding tert-OH is 3. The summed E-state index contributed by atoms with van der Waals surface area (Å²) in [6.07, 6.45) is 6.57. The van der Waals surface area contributed by atoms with Crippen molar-refractivity contribution in [2.24, 2.45) is 34.5 Å². The summed E-state index contributed by atoms with van der Waals surface area (Å²) in [6, 6.07) is 0. The SMILES string of the molecule is COC1C[C@H]2[C@@H]3C(O)C(O)C4=CCC=C[C@]4(C)[C@H]3C(O)C[C@]2(C)[C@H]1CCOC(C)=O. The van der Waals surface area contributed by atoms with Crippen LogP contribution in [-0.4, -0.2) is 59.4 Å². The molecule has 0 spiro atoms. The maximum Gasteiger partial charge on any atom is 0.302 e. The van der Waals surface area contributed by atoms with Crippen molar-refractivity contribution in [3.8, 4) is 0 Å². The highest BCUT2D eigenvalue weighted by molar-refractivity contribution is 5.65. The molecule has 30 heavy (non-hydrogen) atoms. The van der Waals surface area contributed by atoms with Crippen molar-refractivity contribution in [1.29, 1.82) is 0 Å². The molecule has 4 unspecified atom stereocenters. The van der Waals surface area contributed by atoms with Crippen LogP contribution in [0.1, 0.15) is 46.5 Å². The normalized spacial score (nSPS) is 49.6. The summed E-state index contributed by atoms with van der Waals surface area (Å²) in [5.41, 5.74) is 0.118. The third kappa shape index (κ3) is 3.10. The fourth-order valence-corrected chi connectivity index (χ4v) is 7.68. The van der Waals surface area contributed by atoms with Crippen molar-refractivity contribution < 1.29 is 29.6 Å². The van der Waals surface area contributed by atoms with Gasteiger partial charge in [0.15, 0.2) is 0 Å². The van der Waals surface area contributed by atoms with Crippen molar-refractivity contribution in [3.05, 3.63) is 23.8 Å². The second kappa shape index (κ2) is 7.73. The first-order chi connectivity index (χ1) is 14.1. The van der Waals surface area contributed by atoms with Gasteiger partial charge in [-0.2, -0.15) is 0 Å². The van der Waals surface area contributed by atoms with Crippen LogP contribution in [0.2, 0.25) is 0 Å². The summed E-state index contributed by atoms with van der Waals surface area (Å²) in [6.45, 7) is 6.00. The lowest BCUT2D eigenvalue weighted by atomic mass is 9.45. The van der Waals surface area contributed by atoms with Crippen LogP contribution in [0.25, 0.3) is 0 Å². The van der Waals surface area contributed by atoms with E-state index < -0.39 is 23.7 Å². The van der Waals surface area contributed by atoms with Crippen LogP contribution in [-0.2, 0) is 14.3 Å². The summed E-state index contributed by atoms with van der Waals surface area (Å²) in [5, 5.41) is 33.7. The third-order valence-corrected chi connectivity index (χ3v) is 8.90. The first-order valence-corrected chi connectivity index (χ1v) is 11.2. The molecule has 4 rings (SSSR count). The Morgan fingerprint density at radius 1 is 1.27 bits per heavy atom. The first-order valence-electron chi connectivity index (χ1n) is 11.2. The smallest absolute Gasteiger partial charge is 0.302 e. The molecule has 4 aliphatic carbocycles. The molecular weight excluding hydrogens is 384 g/mol. The number of aliphatic hydroxyl groups is 3. The molecule has 3 fully saturated rings. The first kappa shape index (κ1) is 22.0. The molecule has 6 nitrogen and oxygen atoms in total. The van der Waals surface area contributed by atoms with Gasteiger partial charge in [0.1, 0.15) is 6.10 Å². The highest BCUT2D eigenvalue weighted by Crippen LogP contribution is 2.66. The molecule has 0 aromatic carbocycles. The Bertz CT molecular complexity index is 746. The number of hydrogen-bond acceptors (Lipinski definition) is 6. The molecule has 0 amide bonds. The van der Waals surface area contributed by atoms with Crippen LogP contribution in [0.3, 0.4) is 0 Å². The maximum absolute atomic E-state index is 11.4. The summed E-state index contributed by atoms with van der Waals surface area (Å²) in [7, 11) is 1.70. The van der Waals surface area contributed by atoms with E-state index in [2.05, 4.69) is 26.0 Å². The van der Waals surface area contributed by atoms with Crippen molar-refractivity contribution in [2.75, 3.05) is 13.7 Å². The number of allylic oxidation sites excluding steroid dienone is 3. The molecule has 168 valence electrons. The Kier molecular flexibility index (Phi) is 5.67. The van der Waals surface area contributed by atoms with Gasteiger partial charge < -0.3 is 24.8 Å². The molecule has 0 heterocycles. The number of ether oxygens (including phenoxy) is 2. The Hall–Kier alpha value is -1.21. The Morgan fingerprint density at radius 2 is 2.00 bits per heavy atom. The van der Waals surface area contributed by atoms with Gasteiger partial charge in [-0.25, -0.2) is 0 Å². The van der Waals surface area contributed by atoms with Gasteiger partial charge in [0.05, 0.1) is 24.9 Å². The van der Waals surface area contributed by atoms with Crippen molar-refractivity contribution in [2.45, 2.75) is 70.9 Å². The van der Waals surface area contributed by atoms with Gasteiger partial charge in [-0.3, -0.25) is 4.79 Å². The van der Waals surface area contributed by atoms with Gasteiger partial charge in [-0.1, -0.05) is 32.1 Å². The fourth-order valence-electron chi connectivity index (χ4n) is 7.68. The van der Waals surface area contributed by atoms with Gasteiger partial charge in [0.25, 0.3) is 0 Å². The highest BCUT2D eigenvalue weighted by Gasteiger charge is 2.67. The van der Waals surface area contributed by atoms with Gasteiger partial charge in [0, 0.05) is 25.4 Å². The number of methoxy groups -OCH3 is 1. The van der Waals surface area contributed by atoms with Gasteiger partial charge in [-0.05, 0) is 54.4 Å². The van der Waals surface area contributed by atoms with E-state index in [1.807, 2.05) is 6.08 Å². The Labute approximate surface area is 179 Å². The standard InChI is InChI=1S/C24H36O6/c1-13(25)30-10-8-14-18(29-4)11-16-19-20(17(26)12-24(14,16)3)23(2)9-6-5-7-15(23)21(27)22(19)28/h6-7,9,14,16-22,26-28H,5,8,10-12H2,1-4H3/t14-,16-,17?,18?,19-,20-,21?,22?,23-,24+/m0/s1. The summed E-state index contributed by atoms with van der Waals surface area (Å²) in [5.74, 6) is -0.457. The number of fused-ring (bicyclic) bond motifs is 5. The van der Waals surface area contributed by atoms with Gasteiger partial charge in [0.2, 0.25) is 0 Å². The molecule has 0 bridgehead atoms. The maximum atomic E-state index is 11.4. The summed E-state index contributed by atoms with van der Waals surface area (Å²) >= 11 is 0. The molecule has 0 radical (unpaired) electrons. The lowest BCUT2D eigenvalue weighted by molar-refractivity contribution is -0.178. The molecule has 6 heteroatoms. The quantitative estimate of drug-likeness (QED) is 0.477. The molecule has 3 saturated carbocycles. The summed E-state index contributed by atoms with van der Waals surface area (Å²) < 4.78 is 11.1. The lowest BCUT2D eigenvalue weighted by Gasteiger charge is -2.61. The average molecular weight is 421 g/mol. The minimum Gasteiger partial charge on any atom is -0.466 e. The number of carbonyl (C=O) groups is 1. The zero-order chi connectivity index (χ0) is 21.8. The van der Waals surface area contributed by atoms with E-state index in [0.29, 0.717) is 19.4 Å². The van der Waals surface area contributed by atoms with Crippen molar-refractivity contribution in [3.63, 3.8) is 0 Å². The molecule has 4 aliphatic rings. The minimum atomic E-state index is -0.920. The molecular formula is C24H36O6. The molecule has 0 aliphatic heterocycles. The van der Waals surface area contributed by atoms with Crippen molar-refractivity contribution in [1.82, 2.24) is 0 Å². The van der Waals surface area contributed by atoms with Gasteiger partial charge in [-0.15, -0.1) is 0 Å². The van der Waals surface area contributed by atoms with E-state index >= 15 is 0 Å². The number of rotatable bonds is 4. The number of hydrogen-bond donors (Lipinski definition) is 3. The lowest BCUT2D eigenvalue weighted by Crippen LogP contribution is -2.63. The van der Waals surface area contributed by atoms with Crippen LogP contribution in [0.4, 0.5) is 0 Å². The van der Waals surface area contributed by atoms with E-state index in [-0.39, 0.29) is 41.2 Å². The molecule has 0 saturated heterocycles. The zero-order valence-corrected chi connectivity index (χ0v) is 18.5. The monoisotopic (exact) mass is 420 g/mol. The molecule has 0 aromatic heterocycles. The van der Waals surface area contributed by atoms with Crippen molar-refractivity contribution >= 4 is 5.97 Å². The largest absolute Gasteiger partial charge is 0.466 e. The molecule has 0 aromatic rings. The third-order valence-electron chi connectivity index (χ3n) is 8.90. The number of esters is 1. The van der Waals surface area contributed by atoms with Gasteiger partial charge >= 0.3 is 5.97 Å². The van der Waals surface area contributed by atoms with Crippen LogP contribution in [0.5, 0.6) is 0 Å². The predicted molar refractivity (Wildman–Crippen MR) is 111 cm³/mol. The Balaban J connectivity index is 1.70. The average Bonchev–Trinajstić information content (AvgIpc) is 2.96. The number of carbonyl (C=O) groups excluding carboxylic acids is 1. The topological polar surface area (TPSA) is 96.2 Å². The zero-order valence-electron chi connectivity index (χ0n) is 18.5. The van der Waals surface area contributed by atoms with E-state index in [1.165, 1.54) is 6.92 Å². The van der Waals surface area contributed by atoms with E-state index in [1.54, 1.807) is 7.11 Å². The van der Waals surface area contributed by atoms with Crippen LogP contribution >= 0.6 is 0 Å². The second-order valence-corrected chi connectivity index (χ2v) is 10.2. The predicted octanol–water partition coefficient (Wildman–Crippen LogP) is 2.22. The minimum absolute atomic E-state index is 0.0301. The highest BCUT2D eigenvalue weighted by atomic mass is 16.5. The van der Waals surface area contributed by atoms with Crippen LogP contribution < -0.4 is 0 Å².